The number of thiol groups is 1. The van der Waals surface area contributed by atoms with Gasteiger partial charge in [0.25, 0.3) is 0 Å². The Morgan fingerprint density at radius 2 is 2.23 bits per heavy atom. The molecule has 0 aromatic carbocycles. The smallest absolute Gasteiger partial charge is 0.0503 e. The standard InChI is InChI=1S/C11H22OS/c1-4-5-11(9-13)8-12-7-6-10(2)3/h11,13H,2,4-9H2,1,3H3. The fourth-order valence-corrected chi connectivity index (χ4v) is 1.42. The molecular weight excluding hydrogens is 180 g/mol. The van der Waals surface area contributed by atoms with E-state index in [0.717, 1.165) is 25.4 Å². The summed E-state index contributed by atoms with van der Waals surface area (Å²) in [5.74, 6) is 1.56. The summed E-state index contributed by atoms with van der Waals surface area (Å²) in [6, 6.07) is 0. The summed E-state index contributed by atoms with van der Waals surface area (Å²) in [5.41, 5.74) is 1.19. The van der Waals surface area contributed by atoms with Crippen molar-refractivity contribution in [2.75, 3.05) is 19.0 Å². The summed E-state index contributed by atoms with van der Waals surface area (Å²) in [7, 11) is 0. The van der Waals surface area contributed by atoms with E-state index in [1.54, 1.807) is 0 Å². The van der Waals surface area contributed by atoms with Gasteiger partial charge in [-0.2, -0.15) is 12.6 Å². The van der Waals surface area contributed by atoms with Crippen molar-refractivity contribution in [3.05, 3.63) is 12.2 Å². The molecule has 0 saturated heterocycles. The summed E-state index contributed by atoms with van der Waals surface area (Å²) >= 11 is 4.29. The van der Waals surface area contributed by atoms with Crippen LogP contribution in [0.25, 0.3) is 0 Å². The molecule has 0 aliphatic rings. The van der Waals surface area contributed by atoms with E-state index >= 15 is 0 Å². The van der Waals surface area contributed by atoms with Gasteiger partial charge >= 0.3 is 0 Å². The first-order valence-electron chi connectivity index (χ1n) is 5.03. The Labute approximate surface area is 88.0 Å². The third-order valence-electron chi connectivity index (χ3n) is 1.98. The van der Waals surface area contributed by atoms with Gasteiger partial charge in [0, 0.05) is 0 Å². The second kappa shape index (κ2) is 8.64. The van der Waals surface area contributed by atoms with E-state index in [2.05, 4.69) is 26.1 Å². The van der Waals surface area contributed by atoms with Crippen molar-refractivity contribution in [2.24, 2.45) is 5.92 Å². The van der Waals surface area contributed by atoms with E-state index in [1.165, 1.54) is 18.4 Å². The van der Waals surface area contributed by atoms with Crippen LogP contribution in [0.5, 0.6) is 0 Å². The van der Waals surface area contributed by atoms with Crippen molar-refractivity contribution >= 4 is 12.6 Å². The van der Waals surface area contributed by atoms with Gasteiger partial charge in [0.1, 0.15) is 0 Å². The van der Waals surface area contributed by atoms with Crippen LogP contribution in [0.15, 0.2) is 12.2 Å². The van der Waals surface area contributed by atoms with Crippen LogP contribution in [0, 0.1) is 5.92 Å². The fraction of sp³-hybridized carbons (Fsp3) is 0.818. The van der Waals surface area contributed by atoms with E-state index < -0.39 is 0 Å². The Bertz CT molecular complexity index is 134. The average Bonchev–Trinajstić information content (AvgIpc) is 2.10. The van der Waals surface area contributed by atoms with Gasteiger partial charge in [-0.3, -0.25) is 0 Å². The van der Waals surface area contributed by atoms with Crippen molar-refractivity contribution in [1.29, 1.82) is 0 Å². The summed E-state index contributed by atoms with van der Waals surface area (Å²) < 4.78 is 5.54. The van der Waals surface area contributed by atoms with Gasteiger partial charge in [0.15, 0.2) is 0 Å². The number of ether oxygens (including phenoxy) is 1. The minimum absolute atomic E-state index is 0.624. The van der Waals surface area contributed by atoms with Crippen molar-refractivity contribution in [3.63, 3.8) is 0 Å². The van der Waals surface area contributed by atoms with Gasteiger partial charge in [-0.05, 0) is 31.4 Å². The molecule has 1 atom stereocenters. The van der Waals surface area contributed by atoms with Crippen molar-refractivity contribution in [3.8, 4) is 0 Å². The van der Waals surface area contributed by atoms with Gasteiger partial charge in [-0.25, -0.2) is 0 Å². The molecule has 0 radical (unpaired) electrons. The Morgan fingerprint density at radius 1 is 1.54 bits per heavy atom. The molecule has 0 spiro atoms. The van der Waals surface area contributed by atoms with Crippen LogP contribution in [-0.2, 0) is 4.74 Å². The highest BCUT2D eigenvalue weighted by molar-refractivity contribution is 7.80. The second-order valence-corrected chi connectivity index (χ2v) is 3.98. The highest BCUT2D eigenvalue weighted by Crippen LogP contribution is 2.09. The zero-order chi connectivity index (χ0) is 10.1. The quantitative estimate of drug-likeness (QED) is 0.361. The normalized spacial score (nSPS) is 12.8. The van der Waals surface area contributed by atoms with Crippen molar-refractivity contribution in [2.45, 2.75) is 33.1 Å². The molecule has 1 unspecified atom stereocenters. The lowest BCUT2D eigenvalue weighted by atomic mass is 10.1. The molecule has 0 aromatic heterocycles. The lowest BCUT2D eigenvalue weighted by Crippen LogP contribution is -2.11. The summed E-state index contributed by atoms with van der Waals surface area (Å²) in [6.07, 6.45) is 3.41. The highest BCUT2D eigenvalue weighted by Gasteiger charge is 2.04. The highest BCUT2D eigenvalue weighted by atomic mass is 32.1. The molecular formula is C11H22OS. The van der Waals surface area contributed by atoms with Gasteiger partial charge in [0.2, 0.25) is 0 Å². The first kappa shape index (κ1) is 13.1. The summed E-state index contributed by atoms with van der Waals surface area (Å²) in [5, 5.41) is 0. The molecule has 0 aliphatic heterocycles. The SMILES string of the molecule is C=C(C)CCOCC(CS)CCC. The predicted octanol–water partition coefficient (Wildman–Crippen LogP) is 3.32. The van der Waals surface area contributed by atoms with Gasteiger partial charge < -0.3 is 4.74 Å². The molecule has 0 aliphatic carbocycles. The molecule has 0 bridgehead atoms. The maximum absolute atomic E-state index is 5.54. The minimum Gasteiger partial charge on any atom is -0.381 e. The summed E-state index contributed by atoms with van der Waals surface area (Å²) in [6.45, 7) is 9.73. The zero-order valence-electron chi connectivity index (χ0n) is 8.88. The maximum Gasteiger partial charge on any atom is 0.0503 e. The molecule has 13 heavy (non-hydrogen) atoms. The van der Waals surface area contributed by atoms with Gasteiger partial charge in [-0.15, -0.1) is 6.58 Å². The van der Waals surface area contributed by atoms with Crippen molar-refractivity contribution < 1.29 is 4.74 Å². The maximum atomic E-state index is 5.54. The summed E-state index contributed by atoms with van der Waals surface area (Å²) in [4.78, 5) is 0. The predicted molar refractivity (Wildman–Crippen MR) is 62.5 cm³/mol. The first-order valence-corrected chi connectivity index (χ1v) is 5.66. The van der Waals surface area contributed by atoms with E-state index in [9.17, 15) is 0 Å². The van der Waals surface area contributed by atoms with Crippen molar-refractivity contribution in [1.82, 2.24) is 0 Å². The molecule has 0 amide bonds. The van der Waals surface area contributed by atoms with Crippen LogP contribution in [0.3, 0.4) is 0 Å². The molecule has 0 fully saturated rings. The zero-order valence-corrected chi connectivity index (χ0v) is 9.78. The fourth-order valence-electron chi connectivity index (χ4n) is 1.13. The molecule has 2 heteroatoms. The van der Waals surface area contributed by atoms with Crippen LogP contribution >= 0.6 is 12.6 Å². The minimum atomic E-state index is 0.624. The van der Waals surface area contributed by atoms with Crippen LogP contribution in [-0.4, -0.2) is 19.0 Å². The molecule has 0 aromatic rings. The third kappa shape index (κ3) is 8.38. The molecule has 0 N–H and O–H groups in total. The topological polar surface area (TPSA) is 9.23 Å². The van der Waals surface area contributed by atoms with E-state index in [-0.39, 0.29) is 0 Å². The molecule has 0 saturated carbocycles. The largest absolute Gasteiger partial charge is 0.381 e. The van der Waals surface area contributed by atoms with E-state index in [0.29, 0.717) is 5.92 Å². The third-order valence-corrected chi connectivity index (χ3v) is 2.50. The Hall–Kier alpha value is 0.0500. The number of hydrogen-bond donors (Lipinski definition) is 1. The number of rotatable bonds is 8. The Morgan fingerprint density at radius 3 is 2.69 bits per heavy atom. The lowest BCUT2D eigenvalue weighted by Gasteiger charge is -2.13. The molecule has 1 nitrogen and oxygen atoms in total. The van der Waals surface area contributed by atoms with Crippen LogP contribution in [0.4, 0.5) is 0 Å². The first-order chi connectivity index (χ1) is 6.20. The Kier molecular flexibility index (Phi) is 8.67. The number of hydrogen-bond acceptors (Lipinski definition) is 2. The van der Waals surface area contributed by atoms with E-state index in [4.69, 9.17) is 4.74 Å². The van der Waals surface area contributed by atoms with Gasteiger partial charge in [-0.1, -0.05) is 18.9 Å². The molecule has 78 valence electrons. The molecule has 0 rings (SSSR count). The van der Waals surface area contributed by atoms with Crippen LogP contribution in [0.1, 0.15) is 33.1 Å². The van der Waals surface area contributed by atoms with Gasteiger partial charge in [0.05, 0.1) is 13.2 Å². The lowest BCUT2D eigenvalue weighted by molar-refractivity contribution is 0.106. The molecule has 0 heterocycles. The van der Waals surface area contributed by atoms with Crippen LogP contribution < -0.4 is 0 Å². The average molecular weight is 202 g/mol. The monoisotopic (exact) mass is 202 g/mol. The second-order valence-electron chi connectivity index (χ2n) is 3.62. The van der Waals surface area contributed by atoms with Crippen LogP contribution in [0.2, 0.25) is 0 Å². The Balaban J connectivity index is 3.32. The van der Waals surface area contributed by atoms with E-state index in [1.807, 2.05) is 6.92 Å².